The largest absolute Gasteiger partial charge is 0.389 e. The van der Waals surface area contributed by atoms with Gasteiger partial charge in [-0.1, -0.05) is 18.3 Å². The SMILES string of the molecule is CN(C)CCN1CCN(c2cccc(Br)c2C(N)=S)CC1. The first-order valence-corrected chi connectivity index (χ1v) is 8.39. The number of benzene rings is 1. The highest BCUT2D eigenvalue weighted by molar-refractivity contribution is 9.10. The van der Waals surface area contributed by atoms with Gasteiger partial charge >= 0.3 is 0 Å². The maximum Gasteiger partial charge on any atom is 0.107 e. The summed E-state index contributed by atoms with van der Waals surface area (Å²) in [6, 6.07) is 6.14. The van der Waals surface area contributed by atoms with Gasteiger partial charge in [-0.3, -0.25) is 4.90 Å². The van der Waals surface area contributed by atoms with Crippen LogP contribution in [-0.4, -0.2) is 68.2 Å². The summed E-state index contributed by atoms with van der Waals surface area (Å²) < 4.78 is 0.975. The fourth-order valence-corrected chi connectivity index (χ4v) is 3.49. The van der Waals surface area contributed by atoms with Gasteiger partial charge in [0.2, 0.25) is 0 Å². The van der Waals surface area contributed by atoms with Crippen LogP contribution in [0.15, 0.2) is 22.7 Å². The van der Waals surface area contributed by atoms with E-state index in [1.54, 1.807) is 0 Å². The third-order valence-corrected chi connectivity index (χ3v) is 4.68. The quantitative estimate of drug-likeness (QED) is 0.799. The van der Waals surface area contributed by atoms with Gasteiger partial charge in [0.1, 0.15) is 4.99 Å². The van der Waals surface area contributed by atoms with E-state index < -0.39 is 0 Å². The van der Waals surface area contributed by atoms with Gasteiger partial charge in [0.05, 0.1) is 0 Å². The van der Waals surface area contributed by atoms with Crippen molar-refractivity contribution in [2.75, 3.05) is 58.3 Å². The lowest BCUT2D eigenvalue weighted by Gasteiger charge is -2.37. The van der Waals surface area contributed by atoms with E-state index in [2.05, 4.69) is 50.8 Å². The smallest absolute Gasteiger partial charge is 0.107 e. The molecule has 1 aliphatic rings. The van der Waals surface area contributed by atoms with Crippen LogP contribution in [0.2, 0.25) is 0 Å². The van der Waals surface area contributed by atoms with Crippen LogP contribution in [0.25, 0.3) is 0 Å². The van der Waals surface area contributed by atoms with Gasteiger partial charge in [-0.15, -0.1) is 0 Å². The number of likely N-dealkylation sites (N-methyl/N-ethyl adjacent to an activating group) is 1. The molecule has 1 saturated heterocycles. The lowest BCUT2D eigenvalue weighted by atomic mass is 10.1. The fraction of sp³-hybridized carbons (Fsp3) is 0.533. The van der Waals surface area contributed by atoms with E-state index in [0.29, 0.717) is 4.99 Å². The zero-order chi connectivity index (χ0) is 15.4. The van der Waals surface area contributed by atoms with Crippen LogP contribution in [0.1, 0.15) is 5.56 Å². The Hall–Kier alpha value is -0.690. The summed E-state index contributed by atoms with van der Waals surface area (Å²) in [5.41, 5.74) is 7.98. The summed E-state index contributed by atoms with van der Waals surface area (Å²) in [4.78, 5) is 7.57. The molecule has 1 fully saturated rings. The molecule has 0 saturated carbocycles. The second kappa shape index (κ2) is 7.54. The molecule has 1 aliphatic heterocycles. The second-order valence-electron chi connectivity index (χ2n) is 5.63. The average molecular weight is 371 g/mol. The summed E-state index contributed by atoms with van der Waals surface area (Å²) in [5, 5.41) is 0. The average Bonchev–Trinajstić information content (AvgIpc) is 2.45. The number of thiocarbonyl (C=S) groups is 1. The van der Waals surface area contributed by atoms with Crippen molar-refractivity contribution in [3.05, 3.63) is 28.2 Å². The highest BCUT2D eigenvalue weighted by Crippen LogP contribution is 2.28. The predicted octanol–water partition coefficient (Wildman–Crippen LogP) is 1.77. The molecule has 6 heteroatoms. The number of piperazine rings is 1. The van der Waals surface area contributed by atoms with Crippen LogP contribution in [0.3, 0.4) is 0 Å². The molecule has 4 nitrogen and oxygen atoms in total. The van der Waals surface area contributed by atoms with Crippen molar-refractivity contribution < 1.29 is 0 Å². The van der Waals surface area contributed by atoms with Gasteiger partial charge in [-0.2, -0.15) is 0 Å². The highest BCUT2D eigenvalue weighted by Gasteiger charge is 2.20. The van der Waals surface area contributed by atoms with Crippen molar-refractivity contribution in [3.63, 3.8) is 0 Å². The number of nitrogens with two attached hydrogens (primary N) is 1. The summed E-state index contributed by atoms with van der Waals surface area (Å²) in [6.07, 6.45) is 0. The Morgan fingerprint density at radius 3 is 2.52 bits per heavy atom. The Balaban J connectivity index is 2.03. The fourth-order valence-electron chi connectivity index (χ4n) is 2.57. The molecule has 1 heterocycles. The molecular formula is C15H23BrN4S. The standard InChI is InChI=1S/C15H23BrN4S/c1-18(2)6-7-19-8-10-20(11-9-19)13-5-3-4-12(16)14(13)15(17)21/h3-5H,6-11H2,1-2H3,(H2,17,21). The van der Waals surface area contributed by atoms with Gasteiger partial charge in [-0.25, -0.2) is 0 Å². The van der Waals surface area contributed by atoms with Crippen molar-refractivity contribution in [2.24, 2.45) is 5.73 Å². The molecule has 0 atom stereocenters. The summed E-state index contributed by atoms with van der Waals surface area (Å²) in [5.74, 6) is 0. The van der Waals surface area contributed by atoms with E-state index in [1.165, 1.54) is 0 Å². The van der Waals surface area contributed by atoms with E-state index in [-0.39, 0.29) is 0 Å². The third-order valence-electron chi connectivity index (χ3n) is 3.81. The lowest BCUT2D eigenvalue weighted by molar-refractivity contribution is 0.229. The topological polar surface area (TPSA) is 35.7 Å². The molecule has 1 aromatic carbocycles. The molecule has 0 amide bonds. The number of halogens is 1. The highest BCUT2D eigenvalue weighted by atomic mass is 79.9. The lowest BCUT2D eigenvalue weighted by Crippen LogP contribution is -2.48. The van der Waals surface area contributed by atoms with Gasteiger partial charge in [0, 0.05) is 55.0 Å². The van der Waals surface area contributed by atoms with Crippen molar-refractivity contribution in [3.8, 4) is 0 Å². The molecule has 116 valence electrons. The minimum absolute atomic E-state index is 0.451. The first-order valence-electron chi connectivity index (χ1n) is 7.19. The monoisotopic (exact) mass is 370 g/mol. The van der Waals surface area contributed by atoms with Crippen molar-refractivity contribution in [1.82, 2.24) is 9.80 Å². The van der Waals surface area contributed by atoms with Crippen LogP contribution >= 0.6 is 28.1 Å². The maximum absolute atomic E-state index is 5.89. The number of hydrogen-bond donors (Lipinski definition) is 1. The van der Waals surface area contributed by atoms with Gasteiger partial charge in [0.25, 0.3) is 0 Å². The Kier molecular flexibility index (Phi) is 5.98. The zero-order valence-electron chi connectivity index (χ0n) is 12.7. The number of anilines is 1. The summed E-state index contributed by atoms with van der Waals surface area (Å²) >= 11 is 8.76. The Morgan fingerprint density at radius 1 is 1.29 bits per heavy atom. The summed E-state index contributed by atoms with van der Waals surface area (Å²) in [6.45, 7) is 6.42. The van der Waals surface area contributed by atoms with E-state index in [4.69, 9.17) is 18.0 Å². The van der Waals surface area contributed by atoms with Gasteiger partial charge in [0.15, 0.2) is 0 Å². The normalized spacial score (nSPS) is 16.5. The second-order valence-corrected chi connectivity index (χ2v) is 6.92. The Morgan fingerprint density at radius 2 is 1.95 bits per heavy atom. The molecule has 2 rings (SSSR count). The van der Waals surface area contributed by atoms with Crippen molar-refractivity contribution in [2.45, 2.75) is 0 Å². The third kappa shape index (κ3) is 4.39. The Bertz CT molecular complexity index is 498. The number of hydrogen-bond acceptors (Lipinski definition) is 4. The van der Waals surface area contributed by atoms with E-state index >= 15 is 0 Å². The van der Waals surface area contributed by atoms with Crippen LogP contribution in [-0.2, 0) is 0 Å². The molecule has 0 aromatic heterocycles. The minimum atomic E-state index is 0.451. The predicted molar refractivity (Wildman–Crippen MR) is 97.2 cm³/mol. The van der Waals surface area contributed by atoms with Crippen LogP contribution in [0.4, 0.5) is 5.69 Å². The minimum Gasteiger partial charge on any atom is -0.389 e. The van der Waals surface area contributed by atoms with E-state index in [9.17, 15) is 0 Å². The molecule has 0 radical (unpaired) electrons. The molecule has 21 heavy (non-hydrogen) atoms. The van der Waals surface area contributed by atoms with Crippen molar-refractivity contribution >= 4 is 38.8 Å². The first-order chi connectivity index (χ1) is 9.99. The summed E-state index contributed by atoms with van der Waals surface area (Å²) in [7, 11) is 4.23. The first kappa shape index (κ1) is 16.7. The van der Waals surface area contributed by atoms with E-state index in [1.807, 2.05) is 12.1 Å². The van der Waals surface area contributed by atoms with Gasteiger partial charge in [-0.05, 0) is 42.2 Å². The number of rotatable bonds is 5. The maximum atomic E-state index is 5.89. The van der Waals surface area contributed by atoms with Crippen LogP contribution in [0, 0.1) is 0 Å². The molecule has 0 unspecified atom stereocenters. The van der Waals surface area contributed by atoms with Crippen LogP contribution < -0.4 is 10.6 Å². The van der Waals surface area contributed by atoms with Gasteiger partial charge < -0.3 is 15.5 Å². The zero-order valence-corrected chi connectivity index (χ0v) is 15.1. The van der Waals surface area contributed by atoms with Crippen LogP contribution in [0.5, 0.6) is 0 Å². The molecule has 0 spiro atoms. The molecule has 1 aromatic rings. The molecular weight excluding hydrogens is 348 g/mol. The van der Waals surface area contributed by atoms with Crippen molar-refractivity contribution in [1.29, 1.82) is 0 Å². The molecule has 2 N–H and O–H groups in total. The molecule has 0 aliphatic carbocycles. The Labute approximate surface area is 141 Å². The number of nitrogens with zero attached hydrogens (tertiary/aromatic N) is 3. The molecule has 0 bridgehead atoms. The van der Waals surface area contributed by atoms with E-state index in [0.717, 1.165) is 55.0 Å².